The van der Waals surface area contributed by atoms with Crippen molar-refractivity contribution in [1.29, 1.82) is 5.26 Å². The molecule has 0 radical (unpaired) electrons. The van der Waals surface area contributed by atoms with E-state index in [4.69, 9.17) is 16.3 Å². The molecule has 1 amide bonds. The van der Waals surface area contributed by atoms with Crippen LogP contribution in [0.2, 0.25) is 5.02 Å². The molecule has 0 aliphatic carbocycles. The van der Waals surface area contributed by atoms with Crippen molar-refractivity contribution in [2.75, 3.05) is 12.4 Å². The highest BCUT2D eigenvalue weighted by Crippen LogP contribution is 2.32. The Morgan fingerprint density at radius 2 is 1.83 bits per heavy atom. The van der Waals surface area contributed by atoms with Gasteiger partial charge in [0.25, 0.3) is 0 Å². The first-order valence-corrected chi connectivity index (χ1v) is 9.66. The molecule has 3 rings (SSSR count). The number of rotatable bonds is 7. The van der Waals surface area contributed by atoms with Crippen molar-refractivity contribution in [3.8, 4) is 11.8 Å². The number of hydrogen-bond donors (Lipinski definition) is 1. The number of amides is 1. The molecule has 1 unspecified atom stereocenters. The van der Waals surface area contributed by atoms with Crippen LogP contribution < -0.4 is 10.1 Å². The molecule has 0 spiro atoms. The van der Waals surface area contributed by atoms with Gasteiger partial charge in [-0.1, -0.05) is 66.2 Å². The molecule has 0 saturated heterocycles. The quantitative estimate of drug-likeness (QED) is 0.559. The van der Waals surface area contributed by atoms with Crippen LogP contribution in [0, 0.1) is 11.3 Å². The maximum absolute atomic E-state index is 12.3. The molecular weight excluding hydrogens is 384 g/mol. The van der Waals surface area contributed by atoms with Gasteiger partial charge in [-0.15, -0.1) is 0 Å². The second-order valence-electron chi connectivity index (χ2n) is 6.57. The minimum atomic E-state index is -0.459. The van der Waals surface area contributed by atoms with E-state index in [2.05, 4.69) is 11.4 Å². The van der Waals surface area contributed by atoms with E-state index in [0.717, 1.165) is 16.9 Å². The zero-order valence-corrected chi connectivity index (χ0v) is 16.8. The van der Waals surface area contributed by atoms with Gasteiger partial charge >= 0.3 is 0 Å². The van der Waals surface area contributed by atoms with Gasteiger partial charge in [-0.25, -0.2) is 0 Å². The van der Waals surface area contributed by atoms with Gasteiger partial charge in [0.1, 0.15) is 5.75 Å². The standard InChI is InChI=1S/C24H21ClN2O2/c1-29-23-10-6-5-9-18(23)11-14-24(28)27-19-12-13-20(22(25)15-19)21(16-26)17-7-3-2-4-8-17/h2-10,12-13,15,21H,11,14H2,1H3,(H,27,28). The SMILES string of the molecule is COc1ccccc1CCC(=O)Nc1ccc(C(C#N)c2ccccc2)c(Cl)c1. The van der Waals surface area contributed by atoms with Crippen LogP contribution in [0.3, 0.4) is 0 Å². The lowest BCUT2D eigenvalue weighted by Crippen LogP contribution is -2.13. The minimum Gasteiger partial charge on any atom is -0.496 e. The van der Waals surface area contributed by atoms with Crippen molar-refractivity contribution in [3.63, 3.8) is 0 Å². The van der Waals surface area contributed by atoms with Gasteiger partial charge in [-0.2, -0.15) is 5.26 Å². The van der Waals surface area contributed by atoms with E-state index in [1.807, 2.05) is 54.6 Å². The monoisotopic (exact) mass is 404 g/mol. The fraction of sp³-hybridized carbons (Fsp3) is 0.167. The van der Waals surface area contributed by atoms with Crippen molar-refractivity contribution in [1.82, 2.24) is 0 Å². The molecule has 3 aromatic carbocycles. The number of para-hydroxylation sites is 1. The number of nitrogens with one attached hydrogen (secondary N) is 1. The summed E-state index contributed by atoms with van der Waals surface area (Å²) in [7, 11) is 1.62. The summed E-state index contributed by atoms with van der Waals surface area (Å²) >= 11 is 6.43. The van der Waals surface area contributed by atoms with Gasteiger partial charge in [0.15, 0.2) is 0 Å². The molecule has 4 nitrogen and oxygen atoms in total. The zero-order valence-electron chi connectivity index (χ0n) is 16.1. The molecule has 146 valence electrons. The molecule has 0 saturated carbocycles. The number of carbonyl (C=O) groups is 1. The van der Waals surface area contributed by atoms with E-state index in [9.17, 15) is 10.1 Å². The van der Waals surface area contributed by atoms with Crippen LogP contribution in [0.5, 0.6) is 5.75 Å². The molecule has 0 heterocycles. The molecule has 0 bridgehead atoms. The lowest BCUT2D eigenvalue weighted by atomic mass is 9.92. The summed E-state index contributed by atoms with van der Waals surface area (Å²) in [4.78, 5) is 12.3. The average molecular weight is 405 g/mol. The van der Waals surface area contributed by atoms with Crippen LogP contribution in [0.15, 0.2) is 72.8 Å². The van der Waals surface area contributed by atoms with Crippen LogP contribution >= 0.6 is 11.6 Å². The molecule has 29 heavy (non-hydrogen) atoms. The van der Waals surface area contributed by atoms with E-state index < -0.39 is 5.92 Å². The highest BCUT2D eigenvalue weighted by atomic mass is 35.5. The van der Waals surface area contributed by atoms with Crippen molar-refractivity contribution in [3.05, 3.63) is 94.5 Å². The van der Waals surface area contributed by atoms with E-state index >= 15 is 0 Å². The number of aryl methyl sites for hydroxylation is 1. The van der Waals surface area contributed by atoms with Gasteiger partial charge in [0.2, 0.25) is 5.91 Å². The molecule has 0 aromatic heterocycles. The number of carbonyl (C=O) groups excluding carboxylic acids is 1. The minimum absolute atomic E-state index is 0.111. The third-order valence-corrected chi connectivity index (χ3v) is 5.00. The van der Waals surface area contributed by atoms with E-state index in [1.54, 1.807) is 25.3 Å². The number of nitrogens with zero attached hydrogens (tertiary/aromatic N) is 1. The summed E-state index contributed by atoms with van der Waals surface area (Å²) in [5, 5.41) is 12.9. The second-order valence-corrected chi connectivity index (χ2v) is 6.98. The predicted molar refractivity (Wildman–Crippen MR) is 115 cm³/mol. The average Bonchev–Trinajstić information content (AvgIpc) is 2.75. The molecule has 5 heteroatoms. The van der Waals surface area contributed by atoms with Crippen LogP contribution in [-0.4, -0.2) is 13.0 Å². The van der Waals surface area contributed by atoms with Gasteiger partial charge < -0.3 is 10.1 Å². The van der Waals surface area contributed by atoms with Crippen molar-refractivity contribution >= 4 is 23.2 Å². The van der Waals surface area contributed by atoms with Gasteiger partial charge in [-0.05, 0) is 41.3 Å². The van der Waals surface area contributed by atoms with Crippen molar-refractivity contribution in [2.45, 2.75) is 18.8 Å². The van der Waals surface area contributed by atoms with Gasteiger partial charge in [0, 0.05) is 17.1 Å². The largest absolute Gasteiger partial charge is 0.496 e. The maximum atomic E-state index is 12.3. The highest BCUT2D eigenvalue weighted by Gasteiger charge is 2.17. The normalized spacial score (nSPS) is 11.3. The summed E-state index contributed by atoms with van der Waals surface area (Å²) in [6, 6.07) is 24.7. The number of halogens is 1. The maximum Gasteiger partial charge on any atom is 0.224 e. The summed E-state index contributed by atoms with van der Waals surface area (Å²) in [6.07, 6.45) is 0.900. The molecule has 0 aliphatic rings. The third-order valence-electron chi connectivity index (χ3n) is 4.67. The number of nitriles is 1. The Labute approximate surface area is 175 Å². The lowest BCUT2D eigenvalue weighted by molar-refractivity contribution is -0.116. The molecule has 1 N–H and O–H groups in total. The van der Waals surface area contributed by atoms with E-state index in [1.165, 1.54) is 0 Å². The third kappa shape index (κ3) is 5.16. The Bertz CT molecular complexity index is 1030. The number of hydrogen-bond acceptors (Lipinski definition) is 3. The number of benzene rings is 3. The number of anilines is 1. The summed E-state index contributed by atoms with van der Waals surface area (Å²) in [5.41, 5.74) is 3.18. The fourth-order valence-electron chi connectivity index (χ4n) is 3.19. The Balaban J connectivity index is 1.67. The number of ether oxygens (including phenoxy) is 1. The molecule has 0 aliphatic heterocycles. The van der Waals surface area contributed by atoms with Crippen LogP contribution in [0.25, 0.3) is 0 Å². The highest BCUT2D eigenvalue weighted by molar-refractivity contribution is 6.31. The Hall–Kier alpha value is -3.29. The predicted octanol–water partition coefficient (Wildman–Crippen LogP) is 5.58. The summed E-state index contributed by atoms with van der Waals surface area (Å²) < 4.78 is 5.32. The van der Waals surface area contributed by atoms with E-state index in [0.29, 0.717) is 29.1 Å². The fourth-order valence-corrected chi connectivity index (χ4v) is 3.48. The Morgan fingerprint density at radius 1 is 1.10 bits per heavy atom. The van der Waals surface area contributed by atoms with Gasteiger partial charge in [-0.3, -0.25) is 4.79 Å². The van der Waals surface area contributed by atoms with Crippen LogP contribution in [0.4, 0.5) is 5.69 Å². The Kier molecular flexibility index (Phi) is 6.89. The van der Waals surface area contributed by atoms with Crippen LogP contribution in [-0.2, 0) is 11.2 Å². The second kappa shape index (κ2) is 9.77. The molecular formula is C24H21ClN2O2. The van der Waals surface area contributed by atoms with Crippen molar-refractivity contribution in [2.24, 2.45) is 0 Å². The topological polar surface area (TPSA) is 62.1 Å². The van der Waals surface area contributed by atoms with Gasteiger partial charge in [0.05, 0.1) is 19.1 Å². The molecule has 1 atom stereocenters. The first-order chi connectivity index (χ1) is 14.1. The Morgan fingerprint density at radius 3 is 2.52 bits per heavy atom. The first kappa shape index (κ1) is 20.4. The smallest absolute Gasteiger partial charge is 0.224 e. The van der Waals surface area contributed by atoms with Crippen LogP contribution in [0.1, 0.15) is 29.0 Å². The first-order valence-electron chi connectivity index (χ1n) is 9.28. The summed E-state index contributed by atoms with van der Waals surface area (Å²) in [5.74, 6) is 0.203. The molecule has 3 aromatic rings. The summed E-state index contributed by atoms with van der Waals surface area (Å²) in [6.45, 7) is 0. The number of methoxy groups -OCH3 is 1. The van der Waals surface area contributed by atoms with E-state index in [-0.39, 0.29) is 5.91 Å². The zero-order chi connectivity index (χ0) is 20.6. The lowest BCUT2D eigenvalue weighted by Gasteiger charge is -2.14. The van der Waals surface area contributed by atoms with Crippen molar-refractivity contribution < 1.29 is 9.53 Å². The molecule has 0 fully saturated rings.